The molecule has 0 saturated carbocycles. The van der Waals surface area contributed by atoms with Crippen LogP contribution in [0.25, 0.3) is 21.9 Å². The van der Waals surface area contributed by atoms with Crippen LogP contribution in [0.2, 0.25) is 5.02 Å². The van der Waals surface area contributed by atoms with Crippen LogP contribution in [-0.2, 0) is 5.41 Å². The summed E-state index contributed by atoms with van der Waals surface area (Å²) in [4.78, 5) is 0. The fourth-order valence-electron chi connectivity index (χ4n) is 4.42. The van der Waals surface area contributed by atoms with Gasteiger partial charge in [-0.05, 0) is 39.8 Å². The molecule has 1 nitrogen and oxygen atoms in total. The molecule has 5 rings (SSSR count). The Morgan fingerprint density at radius 1 is 0.815 bits per heavy atom. The molecule has 27 heavy (non-hydrogen) atoms. The summed E-state index contributed by atoms with van der Waals surface area (Å²) in [7, 11) is 0. The lowest BCUT2D eigenvalue weighted by molar-refractivity contribution is 0.641. The van der Waals surface area contributed by atoms with Crippen molar-refractivity contribution >= 4 is 33.7 Å². The molecule has 1 aliphatic rings. The monoisotopic (exact) mass is 369 g/mol. The van der Waals surface area contributed by atoms with E-state index in [1.807, 2.05) is 6.07 Å². The number of hydrogen-bond donors (Lipinski definition) is 1. The van der Waals surface area contributed by atoms with E-state index < -0.39 is 0 Å². The Labute approximate surface area is 164 Å². The second-order valence-corrected chi connectivity index (χ2v) is 8.14. The van der Waals surface area contributed by atoms with Gasteiger partial charge in [-0.2, -0.15) is 0 Å². The van der Waals surface area contributed by atoms with E-state index in [0.29, 0.717) is 0 Å². The Kier molecular flexibility index (Phi) is 3.57. The Morgan fingerprint density at radius 2 is 1.56 bits per heavy atom. The minimum Gasteiger partial charge on any atom is -0.354 e. The van der Waals surface area contributed by atoms with Gasteiger partial charge in [0.25, 0.3) is 0 Å². The van der Waals surface area contributed by atoms with Crippen molar-refractivity contribution in [2.24, 2.45) is 0 Å². The third kappa shape index (κ3) is 2.46. The molecule has 2 heteroatoms. The quantitative estimate of drug-likeness (QED) is 0.365. The van der Waals surface area contributed by atoms with Crippen LogP contribution < -0.4 is 5.32 Å². The maximum Gasteiger partial charge on any atom is 0.0505 e. The van der Waals surface area contributed by atoms with Gasteiger partial charge in [0.2, 0.25) is 0 Å². The Bertz CT molecular complexity index is 1180. The highest BCUT2D eigenvalue weighted by Crippen LogP contribution is 2.51. The third-order valence-corrected chi connectivity index (χ3v) is 5.89. The number of fused-ring (bicyclic) bond motifs is 4. The number of nitrogens with one attached hydrogen (secondary N) is 1. The number of halogens is 1. The number of anilines is 2. The molecular weight excluding hydrogens is 350 g/mol. The fourth-order valence-corrected chi connectivity index (χ4v) is 4.64. The van der Waals surface area contributed by atoms with E-state index in [-0.39, 0.29) is 5.41 Å². The average molecular weight is 370 g/mol. The summed E-state index contributed by atoms with van der Waals surface area (Å²) in [5.74, 6) is 0. The molecule has 0 saturated heterocycles. The van der Waals surface area contributed by atoms with Gasteiger partial charge in [-0.3, -0.25) is 0 Å². The van der Waals surface area contributed by atoms with Crippen LogP contribution in [0.3, 0.4) is 0 Å². The molecule has 0 fully saturated rings. The van der Waals surface area contributed by atoms with Gasteiger partial charge in [-0.25, -0.2) is 0 Å². The number of hydrogen-bond acceptors (Lipinski definition) is 1. The maximum atomic E-state index is 6.53. The zero-order chi connectivity index (χ0) is 18.6. The fraction of sp³-hybridized carbons (Fsp3) is 0.120. The van der Waals surface area contributed by atoms with Gasteiger partial charge >= 0.3 is 0 Å². The highest BCUT2D eigenvalue weighted by atomic mass is 35.5. The van der Waals surface area contributed by atoms with E-state index in [0.717, 1.165) is 10.7 Å². The standard InChI is InChI=1S/C25H20ClN/c1-25(2)21-13-12-17-10-6-7-11-19(17)24(21)27-22-15-18(26)14-20(23(22)25)16-8-4-3-5-9-16/h3-15,27H,1-2H3. The second kappa shape index (κ2) is 5.87. The van der Waals surface area contributed by atoms with Gasteiger partial charge in [0.1, 0.15) is 0 Å². The van der Waals surface area contributed by atoms with Crippen LogP contribution in [-0.4, -0.2) is 0 Å². The number of rotatable bonds is 1. The van der Waals surface area contributed by atoms with Gasteiger partial charge in [0.05, 0.1) is 5.69 Å². The topological polar surface area (TPSA) is 12.0 Å². The maximum absolute atomic E-state index is 6.53. The lowest BCUT2D eigenvalue weighted by Gasteiger charge is -2.38. The molecule has 0 aliphatic carbocycles. The molecular formula is C25H20ClN. The first-order chi connectivity index (χ1) is 13.1. The van der Waals surface area contributed by atoms with E-state index in [1.54, 1.807) is 0 Å². The van der Waals surface area contributed by atoms with E-state index in [2.05, 4.69) is 92.0 Å². The molecule has 0 unspecified atom stereocenters. The van der Waals surface area contributed by atoms with Crippen LogP contribution >= 0.6 is 11.6 Å². The van der Waals surface area contributed by atoms with Crippen molar-refractivity contribution in [1.82, 2.24) is 0 Å². The van der Waals surface area contributed by atoms with E-state index in [9.17, 15) is 0 Å². The molecule has 0 atom stereocenters. The molecule has 1 N–H and O–H groups in total. The van der Waals surface area contributed by atoms with Gasteiger partial charge in [-0.1, -0.05) is 92.2 Å². The molecule has 132 valence electrons. The van der Waals surface area contributed by atoms with Gasteiger partial charge in [0, 0.05) is 21.5 Å². The number of benzene rings is 4. The van der Waals surface area contributed by atoms with Crippen molar-refractivity contribution in [3.63, 3.8) is 0 Å². The summed E-state index contributed by atoms with van der Waals surface area (Å²) >= 11 is 6.53. The average Bonchev–Trinajstić information content (AvgIpc) is 2.67. The first kappa shape index (κ1) is 16.4. The lowest BCUT2D eigenvalue weighted by Crippen LogP contribution is -2.27. The summed E-state index contributed by atoms with van der Waals surface area (Å²) in [6.45, 7) is 4.61. The Balaban J connectivity index is 1.83. The second-order valence-electron chi connectivity index (χ2n) is 7.70. The summed E-state index contributed by atoms with van der Waals surface area (Å²) < 4.78 is 0. The highest BCUT2D eigenvalue weighted by molar-refractivity contribution is 6.31. The van der Waals surface area contributed by atoms with Crippen LogP contribution in [0, 0.1) is 0 Å². The predicted molar refractivity (Wildman–Crippen MR) is 116 cm³/mol. The van der Waals surface area contributed by atoms with E-state index in [4.69, 9.17) is 11.6 Å². The first-order valence-electron chi connectivity index (χ1n) is 9.24. The van der Waals surface area contributed by atoms with Crippen molar-refractivity contribution in [3.05, 3.63) is 95.0 Å². The minimum absolute atomic E-state index is 0.143. The van der Waals surface area contributed by atoms with Gasteiger partial charge < -0.3 is 5.32 Å². The van der Waals surface area contributed by atoms with Crippen molar-refractivity contribution in [2.45, 2.75) is 19.3 Å². The Hall–Kier alpha value is -2.77. The lowest BCUT2D eigenvalue weighted by atomic mass is 9.71. The predicted octanol–water partition coefficient (Wildman–Crippen LogP) is 7.54. The minimum atomic E-state index is -0.143. The van der Waals surface area contributed by atoms with Crippen molar-refractivity contribution < 1.29 is 0 Å². The SMILES string of the molecule is CC1(C)c2ccc3ccccc3c2Nc2cc(Cl)cc(-c3ccccc3)c21. The molecule has 4 aromatic carbocycles. The van der Waals surface area contributed by atoms with Crippen LogP contribution in [0.1, 0.15) is 25.0 Å². The van der Waals surface area contributed by atoms with E-state index >= 15 is 0 Å². The van der Waals surface area contributed by atoms with Gasteiger partial charge in [0.15, 0.2) is 0 Å². The Morgan fingerprint density at radius 3 is 2.37 bits per heavy atom. The first-order valence-corrected chi connectivity index (χ1v) is 9.62. The summed E-state index contributed by atoms with van der Waals surface area (Å²) in [6, 6.07) is 27.7. The zero-order valence-corrected chi connectivity index (χ0v) is 16.1. The van der Waals surface area contributed by atoms with E-state index in [1.165, 1.54) is 38.7 Å². The van der Waals surface area contributed by atoms with Crippen LogP contribution in [0.5, 0.6) is 0 Å². The normalized spacial score (nSPS) is 14.3. The molecule has 0 spiro atoms. The molecule has 4 aromatic rings. The van der Waals surface area contributed by atoms with Crippen molar-refractivity contribution in [3.8, 4) is 11.1 Å². The summed E-state index contributed by atoms with van der Waals surface area (Å²) in [5.41, 5.74) is 7.12. The largest absolute Gasteiger partial charge is 0.354 e. The molecule has 0 amide bonds. The van der Waals surface area contributed by atoms with Crippen LogP contribution in [0.4, 0.5) is 11.4 Å². The molecule has 1 aliphatic heterocycles. The summed E-state index contributed by atoms with van der Waals surface area (Å²) in [5, 5.41) is 6.94. The third-order valence-electron chi connectivity index (χ3n) is 5.67. The highest BCUT2D eigenvalue weighted by Gasteiger charge is 2.36. The molecule has 1 heterocycles. The molecule has 0 bridgehead atoms. The molecule has 0 aromatic heterocycles. The van der Waals surface area contributed by atoms with Crippen molar-refractivity contribution in [1.29, 1.82) is 0 Å². The molecule has 0 radical (unpaired) electrons. The van der Waals surface area contributed by atoms with Crippen LogP contribution in [0.15, 0.2) is 78.9 Å². The summed E-state index contributed by atoms with van der Waals surface area (Å²) in [6.07, 6.45) is 0. The smallest absolute Gasteiger partial charge is 0.0505 e. The zero-order valence-electron chi connectivity index (χ0n) is 15.4. The van der Waals surface area contributed by atoms with Gasteiger partial charge in [-0.15, -0.1) is 0 Å². The van der Waals surface area contributed by atoms with Crippen molar-refractivity contribution in [2.75, 3.05) is 5.32 Å².